The van der Waals surface area contributed by atoms with Crippen LogP contribution < -0.4 is 0 Å². The van der Waals surface area contributed by atoms with Crippen molar-refractivity contribution in [1.82, 2.24) is 19.9 Å². The summed E-state index contributed by atoms with van der Waals surface area (Å²) in [7, 11) is 0. The summed E-state index contributed by atoms with van der Waals surface area (Å²) in [5.41, 5.74) is -0.945. The molecule has 2 aromatic rings. The van der Waals surface area contributed by atoms with E-state index in [1.165, 1.54) is 0 Å². The van der Waals surface area contributed by atoms with E-state index in [0.717, 1.165) is 24.8 Å². The Labute approximate surface area is 131 Å². The molecule has 0 aromatic carbocycles. The first-order valence-electron chi connectivity index (χ1n) is 5.00. The van der Waals surface area contributed by atoms with Crippen LogP contribution >= 0.6 is 34.8 Å². The fourth-order valence-electron chi connectivity index (χ4n) is 0.955. The number of hydrogen-bond acceptors (Lipinski definition) is 4. The third-order valence-electron chi connectivity index (χ3n) is 1.80. The summed E-state index contributed by atoms with van der Waals surface area (Å²) < 4.78 is 48.1. The highest BCUT2D eigenvalue weighted by Gasteiger charge is 2.29. The van der Waals surface area contributed by atoms with Gasteiger partial charge in [-0.1, -0.05) is 23.2 Å². The topological polar surface area (TPSA) is 51.6 Å². The van der Waals surface area contributed by atoms with Gasteiger partial charge < -0.3 is 0 Å². The van der Waals surface area contributed by atoms with Crippen LogP contribution in [0.1, 0.15) is 17.8 Å². The van der Waals surface area contributed by atoms with Crippen LogP contribution in [0.5, 0.6) is 0 Å². The molecular formula is C10H5Cl3F4N4. The molecule has 0 saturated carbocycles. The lowest BCUT2D eigenvalue weighted by Crippen LogP contribution is -2.06. The Kier molecular flexibility index (Phi) is 6.50. The smallest absolute Gasteiger partial charge is 0.235 e. The Bertz CT molecular complexity index is 595. The van der Waals surface area contributed by atoms with Crippen LogP contribution in [0.3, 0.4) is 0 Å². The van der Waals surface area contributed by atoms with Crippen molar-refractivity contribution in [3.05, 3.63) is 46.5 Å². The van der Waals surface area contributed by atoms with Crippen LogP contribution in [0.15, 0.2) is 24.8 Å². The summed E-state index contributed by atoms with van der Waals surface area (Å²) in [6.07, 6.45) is -0.655. The Hall–Kier alpha value is -1.25. The molecule has 11 heteroatoms. The van der Waals surface area contributed by atoms with Gasteiger partial charge in [-0.05, 0) is 11.6 Å². The number of rotatable bonds is 2. The first kappa shape index (κ1) is 17.8. The maximum Gasteiger partial charge on any atom is 0.364 e. The molecule has 0 radical (unpaired) electrons. The van der Waals surface area contributed by atoms with Gasteiger partial charge >= 0.3 is 5.38 Å². The van der Waals surface area contributed by atoms with E-state index in [2.05, 4.69) is 31.5 Å². The summed E-state index contributed by atoms with van der Waals surface area (Å²) in [6.45, 7) is 0. The van der Waals surface area contributed by atoms with E-state index in [9.17, 15) is 17.6 Å². The highest BCUT2D eigenvalue weighted by Crippen LogP contribution is 2.30. The molecule has 0 aliphatic carbocycles. The summed E-state index contributed by atoms with van der Waals surface area (Å²) in [4.78, 5) is 13.4. The SMILES string of the molecule is FC(F)(Cl)c1cc(Cl)ncn1.FC(F)c1cc(Cl)ncn1. The predicted molar refractivity (Wildman–Crippen MR) is 68.8 cm³/mol. The Morgan fingerprint density at radius 3 is 1.76 bits per heavy atom. The minimum atomic E-state index is -3.48. The van der Waals surface area contributed by atoms with Crippen LogP contribution in [-0.2, 0) is 5.38 Å². The van der Waals surface area contributed by atoms with Gasteiger partial charge in [-0.25, -0.2) is 28.7 Å². The van der Waals surface area contributed by atoms with Gasteiger partial charge in [-0.3, -0.25) is 0 Å². The van der Waals surface area contributed by atoms with Crippen molar-refractivity contribution >= 4 is 34.8 Å². The molecule has 0 aliphatic heterocycles. The van der Waals surface area contributed by atoms with Crippen LogP contribution in [0.2, 0.25) is 10.3 Å². The molecule has 0 fully saturated rings. The number of alkyl halides is 5. The van der Waals surface area contributed by atoms with E-state index in [0.29, 0.717) is 0 Å². The zero-order valence-corrected chi connectivity index (χ0v) is 12.1. The summed E-state index contributed by atoms with van der Waals surface area (Å²) in [5.74, 6) is 0. The molecule has 2 aromatic heterocycles. The van der Waals surface area contributed by atoms with Crippen molar-refractivity contribution in [3.8, 4) is 0 Å². The van der Waals surface area contributed by atoms with Gasteiger partial charge in [0.2, 0.25) is 0 Å². The fraction of sp³-hybridized carbons (Fsp3) is 0.200. The van der Waals surface area contributed by atoms with Crippen molar-refractivity contribution in [1.29, 1.82) is 0 Å². The van der Waals surface area contributed by atoms with Gasteiger partial charge in [0, 0.05) is 12.1 Å². The lowest BCUT2D eigenvalue weighted by Gasteiger charge is -2.04. The molecular weight excluding hydrogens is 358 g/mol. The number of aromatic nitrogens is 4. The van der Waals surface area contributed by atoms with Gasteiger partial charge in [0.15, 0.2) is 0 Å². The monoisotopic (exact) mass is 362 g/mol. The molecule has 0 saturated heterocycles. The maximum absolute atomic E-state index is 12.3. The standard InChI is InChI=1S/C5H2Cl2F2N2.C5H3ClF2N2/c6-4-1-3(5(7,8)9)10-2-11-4;6-4-1-3(5(7)8)9-2-10-4/h1-2H;1-2,5H. The molecule has 0 N–H and O–H groups in total. The van der Waals surface area contributed by atoms with Gasteiger partial charge in [-0.15, -0.1) is 0 Å². The minimum absolute atomic E-state index is 0.0327. The average molecular weight is 364 g/mol. The molecule has 4 nitrogen and oxygen atoms in total. The van der Waals surface area contributed by atoms with Crippen LogP contribution in [0, 0.1) is 0 Å². The highest BCUT2D eigenvalue weighted by atomic mass is 35.5. The van der Waals surface area contributed by atoms with Crippen molar-refractivity contribution in [2.45, 2.75) is 11.8 Å². The molecule has 0 spiro atoms. The second-order valence-electron chi connectivity index (χ2n) is 3.29. The molecule has 0 amide bonds. The lowest BCUT2D eigenvalue weighted by molar-refractivity contribution is 0.0898. The summed E-state index contributed by atoms with van der Waals surface area (Å²) >= 11 is 15.3. The van der Waals surface area contributed by atoms with Crippen molar-refractivity contribution in [3.63, 3.8) is 0 Å². The molecule has 0 aliphatic rings. The zero-order chi connectivity index (χ0) is 16.0. The third-order valence-corrected chi connectivity index (χ3v) is 2.41. The van der Waals surface area contributed by atoms with E-state index in [1.54, 1.807) is 0 Å². The summed E-state index contributed by atoms with van der Waals surface area (Å²) in [6, 6.07) is 1.95. The highest BCUT2D eigenvalue weighted by molar-refractivity contribution is 6.29. The van der Waals surface area contributed by atoms with E-state index in [-0.39, 0.29) is 16.0 Å². The van der Waals surface area contributed by atoms with E-state index < -0.39 is 17.5 Å². The van der Waals surface area contributed by atoms with E-state index >= 15 is 0 Å². The quantitative estimate of drug-likeness (QED) is 0.448. The third kappa shape index (κ3) is 6.36. The largest absolute Gasteiger partial charge is 0.364 e. The van der Waals surface area contributed by atoms with Crippen LogP contribution in [0.25, 0.3) is 0 Å². The van der Waals surface area contributed by atoms with Gasteiger partial charge in [0.1, 0.15) is 34.3 Å². The van der Waals surface area contributed by atoms with Crippen molar-refractivity contribution in [2.75, 3.05) is 0 Å². The number of halogens is 7. The molecule has 21 heavy (non-hydrogen) atoms. The van der Waals surface area contributed by atoms with Crippen molar-refractivity contribution in [2.24, 2.45) is 0 Å². The second-order valence-corrected chi connectivity index (χ2v) is 4.54. The molecule has 2 heterocycles. The summed E-state index contributed by atoms with van der Waals surface area (Å²) in [5, 5.41) is -3.51. The van der Waals surface area contributed by atoms with Crippen molar-refractivity contribution < 1.29 is 17.6 Å². The second kappa shape index (κ2) is 7.67. The Balaban J connectivity index is 0.000000211. The minimum Gasteiger partial charge on any atom is -0.235 e. The normalized spacial score (nSPS) is 11.0. The molecule has 2 rings (SSSR count). The fourth-order valence-corrected chi connectivity index (χ4v) is 1.36. The Morgan fingerprint density at radius 2 is 1.43 bits per heavy atom. The van der Waals surface area contributed by atoms with Gasteiger partial charge in [0.05, 0.1) is 0 Å². The number of hydrogen-bond donors (Lipinski definition) is 0. The van der Waals surface area contributed by atoms with Gasteiger partial charge in [-0.2, -0.15) is 8.78 Å². The maximum atomic E-state index is 12.3. The van der Waals surface area contributed by atoms with E-state index in [4.69, 9.17) is 23.2 Å². The average Bonchev–Trinajstić information content (AvgIpc) is 2.38. The zero-order valence-electron chi connectivity index (χ0n) is 9.82. The molecule has 0 unspecified atom stereocenters. The first-order valence-corrected chi connectivity index (χ1v) is 6.14. The first-order chi connectivity index (χ1) is 9.70. The number of nitrogens with zero attached hydrogens (tertiary/aromatic N) is 4. The predicted octanol–water partition coefficient (Wildman–Crippen LogP) is 4.49. The van der Waals surface area contributed by atoms with Crippen LogP contribution in [-0.4, -0.2) is 19.9 Å². The molecule has 0 atom stereocenters. The van der Waals surface area contributed by atoms with E-state index in [1.807, 2.05) is 0 Å². The lowest BCUT2D eigenvalue weighted by atomic mass is 10.4. The Morgan fingerprint density at radius 1 is 0.905 bits per heavy atom. The van der Waals surface area contributed by atoms with Gasteiger partial charge in [0.25, 0.3) is 6.43 Å². The molecule has 0 bridgehead atoms. The van der Waals surface area contributed by atoms with Crippen LogP contribution in [0.4, 0.5) is 17.6 Å². The molecule has 114 valence electrons.